The molecule has 0 bridgehead atoms. The molecular weight excluding hydrogens is 234 g/mol. The van der Waals surface area contributed by atoms with Crippen molar-refractivity contribution in [2.45, 2.75) is 44.7 Å². The molecule has 0 radical (unpaired) electrons. The summed E-state index contributed by atoms with van der Waals surface area (Å²) in [6.45, 7) is 7.43. The lowest BCUT2D eigenvalue weighted by molar-refractivity contribution is 0.123. The molecule has 1 aromatic heterocycles. The first kappa shape index (κ1) is 13.1. The van der Waals surface area contributed by atoms with E-state index in [2.05, 4.69) is 33.8 Å². The molecule has 3 heterocycles. The second-order valence-electron chi connectivity index (χ2n) is 5.99. The van der Waals surface area contributed by atoms with Crippen LogP contribution in [0.1, 0.15) is 44.2 Å². The topological polar surface area (TPSA) is 19.4 Å². The zero-order valence-corrected chi connectivity index (χ0v) is 12.0. The van der Waals surface area contributed by atoms with Gasteiger partial charge in [0.15, 0.2) is 0 Å². The van der Waals surface area contributed by atoms with E-state index in [1.165, 1.54) is 57.4 Å². The summed E-state index contributed by atoms with van der Waals surface area (Å²) in [4.78, 5) is 9.53. The van der Waals surface area contributed by atoms with Crippen molar-refractivity contribution in [2.75, 3.05) is 26.2 Å². The Kier molecular flexibility index (Phi) is 4.14. The van der Waals surface area contributed by atoms with Gasteiger partial charge in [0.2, 0.25) is 0 Å². The molecule has 2 aliphatic rings. The van der Waals surface area contributed by atoms with Crippen molar-refractivity contribution in [1.29, 1.82) is 0 Å². The zero-order valence-electron chi connectivity index (χ0n) is 12.0. The SMILES string of the molecule is CC(c1ccncc1)N1CCCN2CCCCC2C1. The van der Waals surface area contributed by atoms with Crippen LogP contribution in [0.3, 0.4) is 0 Å². The molecule has 2 fully saturated rings. The molecule has 2 atom stereocenters. The van der Waals surface area contributed by atoms with E-state index in [0.29, 0.717) is 6.04 Å². The summed E-state index contributed by atoms with van der Waals surface area (Å²) < 4.78 is 0. The fourth-order valence-electron chi connectivity index (χ4n) is 3.60. The maximum absolute atomic E-state index is 4.13. The third-order valence-corrected chi connectivity index (χ3v) is 4.82. The van der Waals surface area contributed by atoms with Crippen molar-refractivity contribution in [3.8, 4) is 0 Å². The average molecular weight is 259 g/mol. The van der Waals surface area contributed by atoms with Crippen molar-refractivity contribution >= 4 is 0 Å². The normalized spacial score (nSPS) is 27.5. The van der Waals surface area contributed by atoms with Crippen molar-refractivity contribution in [2.24, 2.45) is 0 Å². The molecule has 19 heavy (non-hydrogen) atoms. The molecule has 0 N–H and O–H groups in total. The lowest BCUT2D eigenvalue weighted by Gasteiger charge is -2.37. The minimum absolute atomic E-state index is 0.518. The molecule has 2 unspecified atom stereocenters. The minimum atomic E-state index is 0.518. The number of pyridine rings is 1. The molecule has 3 rings (SSSR count). The minimum Gasteiger partial charge on any atom is -0.299 e. The molecule has 0 aromatic carbocycles. The Balaban J connectivity index is 1.70. The third-order valence-electron chi connectivity index (χ3n) is 4.82. The van der Waals surface area contributed by atoms with Crippen LogP contribution in [0.5, 0.6) is 0 Å². The molecule has 3 nitrogen and oxygen atoms in total. The molecule has 1 aromatic rings. The van der Waals surface area contributed by atoms with Gasteiger partial charge in [0.05, 0.1) is 0 Å². The highest BCUT2D eigenvalue weighted by atomic mass is 15.3. The van der Waals surface area contributed by atoms with Gasteiger partial charge in [-0.1, -0.05) is 6.42 Å². The van der Waals surface area contributed by atoms with Crippen molar-refractivity contribution in [3.05, 3.63) is 30.1 Å². The summed E-state index contributed by atoms with van der Waals surface area (Å²) in [6, 6.07) is 5.63. The summed E-state index contributed by atoms with van der Waals surface area (Å²) in [5.41, 5.74) is 1.40. The molecule has 3 heteroatoms. The van der Waals surface area contributed by atoms with E-state index < -0.39 is 0 Å². The largest absolute Gasteiger partial charge is 0.299 e. The van der Waals surface area contributed by atoms with Crippen molar-refractivity contribution < 1.29 is 0 Å². The Morgan fingerprint density at radius 1 is 1.11 bits per heavy atom. The maximum atomic E-state index is 4.13. The first-order valence-electron chi connectivity index (χ1n) is 7.72. The molecule has 2 aliphatic heterocycles. The lowest BCUT2D eigenvalue weighted by atomic mass is 10.0. The molecule has 0 amide bonds. The van der Waals surface area contributed by atoms with Crippen LogP contribution in [-0.4, -0.2) is 47.0 Å². The van der Waals surface area contributed by atoms with E-state index in [4.69, 9.17) is 0 Å². The van der Waals surface area contributed by atoms with Crippen molar-refractivity contribution in [3.63, 3.8) is 0 Å². The lowest BCUT2D eigenvalue weighted by Crippen LogP contribution is -2.44. The number of nitrogens with zero attached hydrogens (tertiary/aromatic N) is 3. The first-order chi connectivity index (χ1) is 9.34. The average Bonchev–Trinajstić information content (AvgIpc) is 2.69. The molecule has 104 valence electrons. The molecule has 0 spiro atoms. The van der Waals surface area contributed by atoms with Gasteiger partial charge in [0.1, 0.15) is 0 Å². The second kappa shape index (κ2) is 6.02. The highest BCUT2D eigenvalue weighted by Crippen LogP contribution is 2.26. The van der Waals surface area contributed by atoms with E-state index in [-0.39, 0.29) is 0 Å². The Morgan fingerprint density at radius 2 is 1.89 bits per heavy atom. The second-order valence-corrected chi connectivity index (χ2v) is 5.99. The van der Waals surface area contributed by atoms with Crippen LogP contribution in [0.2, 0.25) is 0 Å². The van der Waals surface area contributed by atoms with Gasteiger partial charge in [-0.05, 0) is 57.0 Å². The highest BCUT2D eigenvalue weighted by Gasteiger charge is 2.29. The molecule has 0 saturated carbocycles. The number of rotatable bonds is 2. The number of aromatic nitrogens is 1. The van der Waals surface area contributed by atoms with Gasteiger partial charge >= 0.3 is 0 Å². The van der Waals surface area contributed by atoms with Crippen LogP contribution in [0, 0.1) is 0 Å². The zero-order chi connectivity index (χ0) is 13.1. The smallest absolute Gasteiger partial charge is 0.0321 e. The van der Waals surface area contributed by atoms with Crippen LogP contribution < -0.4 is 0 Å². The fourth-order valence-corrected chi connectivity index (χ4v) is 3.60. The summed E-state index contributed by atoms with van der Waals surface area (Å²) in [6.07, 6.45) is 9.34. The van der Waals surface area contributed by atoms with Gasteiger partial charge in [0.25, 0.3) is 0 Å². The number of piperidine rings is 1. The fraction of sp³-hybridized carbons (Fsp3) is 0.688. The van der Waals surface area contributed by atoms with E-state index in [9.17, 15) is 0 Å². The Labute approximate surface area is 116 Å². The van der Waals surface area contributed by atoms with Crippen LogP contribution >= 0.6 is 0 Å². The highest BCUT2D eigenvalue weighted by molar-refractivity contribution is 5.14. The summed E-state index contributed by atoms with van der Waals surface area (Å²) in [5.74, 6) is 0. The van der Waals surface area contributed by atoms with Gasteiger partial charge in [0, 0.05) is 37.6 Å². The Hall–Kier alpha value is -0.930. The number of hydrogen-bond donors (Lipinski definition) is 0. The Bertz CT molecular complexity index is 392. The van der Waals surface area contributed by atoms with Crippen LogP contribution in [0.4, 0.5) is 0 Å². The van der Waals surface area contributed by atoms with E-state index in [1.54, 1.807) is 0 Å². The summed E-state index contributed by atoms with van der Waals surface area (Å²) in [7, 11) is 0. The standard InChI is InChI=1S/C16H25N3/c1-14(15-6-8-17-9-7-15)19-12-4-11-18-10-3-2-5-16(18)13-19/h6-9,14,16H,2-5,10-13H2,1H3. The predicted molar refractivity (Wildman–Crippen MR) is 78.1 cm³/mol. The van der Waals surface area contributed by atoms with Gasteiger partial charge in [-0.3, -0.25) is 14.8 Å². The summed E-state index contributed by atoms with van der Waals surface area (Å²) >= 11 is 0. The van der Waals surface area contributed by atoms with Gasteiger partial charge in [-0.2, -0.15) is 0 Å². The van der Waals surface area contributed by atoms with E-state index in [1.807, 2.05) is 12.4 Å². The third kappa shape index (κ3) is 2.98. The van der Waals surface area contributed by atoms with Gasteiger partial charge in [-0.15, -0.1) is 0 Å². The van der Waals surface area contributed by atoms with E-state index in [0.717, 1.165) is 6.04 Å². The van der Waals surface area contributed by atoms with Crippen LogP contribution in [0.25, 0.3) is 0 Å². The van der Waals surface area contributed by atoms with Gasteiger partial charge in [-0.25, -0.2) is 0 Å². The van der Waals surface area contributed by atoms with Gasteiger partial charge < -0.3 is 0 Å². The predicted octanol–water partition coefficient (Wildman–Crippen LogP) is 2.70. The Morgan fingerprint density at radius 3 is 2.74 bits per heavy atom. The van der Waals surface area contributed by atoms with E-state index >= 15 is 0 Å². The molecular formula is C16H25N3. The first-order valence-corrected chi connectivity index (χ1v) is 7.72. The summed E-state index contributed by atoms with van der Waals surface area (Å²) in [5, 5.41) is 0. The molecule has 2 saturated heterocycles. The van der Waals surface area contributed by atoms with Crippen LogP contribution in [-0.2, 0) is 0 Å². The number of fused-ring (bicyclic) bond motifs is 1. The monoisotopic (exact) mass is 259 g/mol. The van der Waals surface area contributed by atoms with Crippen LogP contribution in [0.15, 0.2) is 24.5 Å². The maximum Gasteiger partial charge on any atom is 0.0321 e. The quantitative estimate of drug-likeness (QED) is 0.814. The number of hydrogen-bond acceptors (Lipinski definition) is 3. The van der Waals surface area contributed by atoms with Crippen molar-refractivity contribution in [1.82, 2.24) is 14.8 Å². The molecule has 0 aliphatic carbocycles.